The fraction of sp³-hybridized carbons (Fsp3) is 0.280. The van der Waals surface area contributed by atoms with Crippen molar-refractivity contribution in [3.05, 3.63) is 84.7 Å². The van der Waals surface area contributed by atoms with E-state index in [2.05, 4.69) is 38.9 Å². The number of anilines is 1. The first kappa shape index (κ1) is 20.6. The molecule has 4 N–H and O–H groups in total. The lowest BCUT2D eigenvalue weighted by molar-refractivity contribution is -0.611. The molecule has 3 aromatic rings. The topological polar surface area (TPSA) is 93.4 Å². The highest BCUT2D eigenvalue weighted by atomic mass is 16.6. The summed E-state index contributed by atoms with van der Waals surface area (Å²) in [6.07, 6.45) is 5.54. The third kappa shape index (κ3) is 4.65. The maximum absolute atomic E-state index is 6.26. The van der Waals surface area contributed by atoms with Gasteiger partial charge in [-0.2, -0.15) is 4.98 Å². The Balaban J connectivity index is 1.25. The van der Waals surface area contributed by atoms with Crippen LogP contribution in [-0.2, 0) is 11.2 Å². The number of aromatic nitrogens is 2. The summed E-state index contributed by atoms with van der Waals surface area (Å²) in [5.41, 5.74) is 8.36. The van der Waals surface area contributed by atoms with E-state index in [4.69, 9.17) is 15.2 Å². The van der Waals surface area contributed by atoms with Crippen LogP contribution in [0.3, 0.4) is 0 Å². The third-order valence-electron chi connectivity index (χ3n) is 6.04. The minimum absolute atomic E-state index is 0.174. The Labute approximate surface area is 187 Å². The van der Waals surface area contributed by atoms with Gasteiger partial charge in [0.05, 0.1) is 12.1 Å². The van der Waals surface area contributed by atoms with Crippen LogP contribution in [0.5, 0.6) is 11.5 Å². The smallest absolute Gasteiger partial charge is 0.233 e. The van der Waals surface area contributed by atoms with Gasteiger partial charge in [-0.1, -0.05) is 36.4 Å². The second-order valence-electron chi connectivity index (χ2n) is 8.30. The number of likely N-dealkylation sites (tertiary alicyclic amines) is 1. The Bertz CT molecular complexity index is 1070. The predicted molar refractivity (Wildman–Crippen MR) is 123 cm³/mol. The van der Waals surface area contributed by atoms with Crippen molar-refractivity contribution in [1.82, 2.24) is 14.9 Å². The van der Waals surface area contributed by atoms with Gasteiger partial charge in [0.1, 0.15) is 42.0 Å². The van der Waals surface area contributed by atoms with Crippen LogP contribution >= 0.6 is 0 Å². The maximum Gasteiger partial charge on any atom is 0.233 e. The molecule has 2 saturated heterocycles. The van der Waals surface area contributed by atoms with Crippen molar-refractivity contribution in [2.75, 3.05) is 18.8 Å². The quantitative estimate of drug-likeness (QED) is 0.422. The van der Waals surface area contributed by atoms with E-state index in [1.807, 2.05) is 48.5 Å². The largest absolute Gasteiger partial charge is 0.457 e. The molecule has 2 aliphatic rings. The maximum atomic E-state index is 6.26. The number of hydrogen-bond acceptors (Lipinski definition) is 6. The zero-order chi connectivity index (χ0) is 21.9. The molecule has 0 bridgehead atoms. The molecule has 0 amide bonds. The van der Waals surface area contributed by atoms with E-state index in [0.717, 1.165) is 48.0 Å². The van der Waals surface area contributed by atoms with Crippen molar-refractivity contribution in [1.29, 1.82) is 0 Å². The van der Waals surface area contributed by atoms with Crippen LogP contribution in [0.15, 0.2) is 73.6 Å². The highest BCUT2D eigenvalue weighted by Crippen LogP contribution is 2.29. The van der Waals surface area contributed by atoms with Crippen LogP contribution in [0.2, 0.25) is 0 Å². The first-order valence-corrected chi connectivity index (χ1v) is 11.0. The summed E-state index contributed by atoms with van der Waals surface area (Å²) in [7, 11) is 0. The van der Waals surface area contributed by atoms with Gasteiger partial charge >= 0.3 is 0 Å². The van der Waals surface area contributed by atoms with Crippen molar-refractivity contribution >= 4 is 11.6 Å². The molecule has 3 atom stereocenters. The number of hydrogen-bond donors (Lipinski definition) is 2. The normalized spacial score (nSPS) is 22.6. The van der Waals surface area contributed by atoms with Crippen molar-refractivity contribution < 1.29 is 14.8 Å². The van der Waals surface area contributed by atoms with Crippen molar-refractivity contribution in [3.63, 3.8) is 0 Å². The fourth-order valence-electron chi connectivity index (χ4n) is 4.26. The second-order valence-corrected chi connectivity index (χ2v) is 8.30. The van der Waals surface area contributed by atoms with Gasteiger partial charge in [-0.3, -0.25) is 10.2 Å². The molecule has 2 aromatic carbocycles. The molecule has 7 nitrogen and oxygen atoms in total. The van der Waals surface area contributed by atoms with Gasteiger partial charge < -0.3 is 15.2 Å². The minimum Gasteiger partial charge on any atom is -0.457 e. The molecule has 1 aromatic heterocycles. The number of nitrogen functional groups attached to an aromatic ring is 1. The van der Waals surface area contributed by atoms with E-state index in [1.54, 1.807) is 6.33 Å². The Hall–Kier alpha value is -3.26. The fourth-order valence-corrected chi connectivity index (χ4v) is 4.26. The molecule has 32 heavy (non-hydrogen) atoms. The molecule has 164 valence electrons. The molecule has 3 unspecified atom stereocenters. The van der Waals surface area contributed by atoms with Crippen LogP contribution < -0.4 is 15.8 Å². The molecule has 0 radical (unpaired) electrons. The molecular weight excluding hydrogens is 402 g/mol. The molecule has 3 heterocycles. The number of nitrogens with zero attached hydrogens (tertiary/aromatic N) is 3. The lowest BCUT2D eigenvalue weighted by atomic mass is 10.1. The highest BCUT2D eigenvalue weighted by molar-refractivity contribution is 5.50. The van der Waals surface area contributed by atoms with Crippen LogP contribution in [0.1, 0.15) is 17.5 Å². The molecule has 0 aliphatic carbocycles. The number of para-hydroxylation sites is 1. The lowest BCUT2D eigenvalue weighted by Crippen LogP contribution is -2.86. The third-order valence-corrected chi connectivity index (χ3v) is 6.04. The van der Waals surface area contributed by atoms with E-state index in [-0.39, 0.29) is 12.3 Å². The molecule has 5 rings (SSSR count). The molecule has 0 spiro atoms. The summed E-state index contributed by atoms with van der Waals surface area (Å²) in [5.74, 6) is 3.07. The van der Waals surface area contributed by atoms with Crippen molar-refractivity contribution in [2.24, 2.45) is 0 Å². The van der Waals surface area contributed by atoms with Crippen LogP contribution in [0, 0.1) is 0 Å². The standard InChI is InChI=1S/C25H27N5O2/c1-2-22-25(32-22)30-13-12-18(15-30)29-24-21(23(26)27-16-28-24)14-17-8-10-20(11-9-17)31-19-6-4-3-5-7-19/h2-11,16,18,22,25H,1,12-15H2,(H3,26,27,28,29)/p+1. The minimum atomic E-state index is 0.174. The number of rotatable bonds is 8. The molecular formula is C25H28N5O2+. The summed E-state index contributed by atoms with van der Waals surface area (Å²) in [6, 6.07) is 18.3. The van der Waals surface area contributed by atoms with Crippen LogP contribution in [-0.4, -0.2) is 46.3 Å². The zero-order valence-electron chi connectivity index (χ0n) is 17.9. The number of ether oxygens (including phenoxy) is 2. The zero-order valence-corrected chi connectivity index (χ0v) is 17.9. The lowest BCUT2D eigenvalue weighted by Gasteiger charge is -2.14. The SMILES string of the molecule is C=CC1OC1N1CCC([NH2+]c2ncnc(N)c2Cc2ccc(Oc3ccccc3)cc2)C1. The van der Waals surface area contributed by atoms with E-state index in [0.29, 0.717) is 18.3 Å². The monoisotopic (exact) mass is 430 g/mol. The van der Waals surface area contributed by atoms with Gasteiger partial charge in [0, 0.05) is 19.4 Å². The van der Waals surface area contributed by atoms with Crippen LogP contribution in [0.4, 0.5) is 11.6 Å². The summed E-state index contributed by atoms with van der Waals surface area (Å²) >= 11 is 0. The van der Waals surface area contributed by atoms with Gasteiger partial charge in [-0.25, -0.2) is 4.98 Å². The Morgan fingerprint density at radius 2 is 1.91 bits per heavy atom. The van der Waals surface area contributed by atoms with Crippen molar-refractivity contribution in [3.8, 4) is 11.5 Å². The van der Waals surface area contributed by atoms with E-state index >= 15 is 0 Å². The molecule has 2 aliphatic heterocycles. The average Bonchev–Trinajstić information content (AvgIpc) is 3.47. The number of quaternary nitrogens is 1. The Kier molecular flexibility index (Phi) is 5.85. The Morgan fingerprint density at radius 1 is 1.12 bits per heavy atom. The van der Waals surface area contributed by atoms with Gasteiger partial charge in [-0.15, -0.1) is 6.58 Å². The van der Waals surface area contributed by atoms with Gasteiger partial charge in [0.2, 0.25) is 5.82 Å². The number of benzene rings is 2. The van der Waals surface area contributed by atoms with Crippen molar-refractivity contribution in [2.45, 2.75) is 31.2 Å². The van der Waals surface area contributed by atoms with Gasteiger partial charge in [0.15, 0.2) is 0 Å². The van der Waals surface area contributed by atoms with Crippen LogP contribution in [0.25, 0.3) is 0 Å². The van der Waals surface area contributed by atoms with E-state index in [9.17, 15) is 0 Å². The summed E-state index contributed by atoms with van der Waals surface area (Å²) in [4.78, 5) is 11.2. The summed E-state index contributed by atoms with van der Waals surface area (Å²) in [5, 5.41) is 2.24. The molecule has 7 heteroatoms. The first-order chi connectivity index (χ1) is 15.7. The predicted octanol–water partition coefficient (Wildman–Crippen LogP) is 2.62. The van der Waals surface area contributed by atoms with E-state index in [1.165, 1.54) is 0 Å². The van der Waals surface area contributed by atoms with E-state index < -0.39 is 0 Å². The molecule has 0 saturated carbocycles. The average molecular weight is 431 g/mol. The second kappa shape index (κ2) is 9.08. The first-order valence-electron chi connectivity index (χ1n) is 11.0. The van der Waals surface area contributed by atoms with Gasteiger partial charge in [0.25, 0.3) is 0 Å². The Morgan fingerprint density at radius 3 is 2.66 bits per heavy atom. The summed E-state index contributed by atoms with van der Waals surface area (Å²) < 4.78 is 11.5. The molecule has 2 fully saturated rings. The number of epoxide rings is 1. The number of nitrogens with two attached hydrogens (primary N) is 2. The highest BCUT2D eigenvalue weighted by Gasteiger charge is 2.45. The summed E-state index contributed by atoms with van der Waals surface area (Å²) in [6.45, 7) is 5.81. The van der Waals surface area contributed by atoms with Gasteiger partial charge in [-0.05, 0) is 29.8 Å².